The number of epoxide rings is 1. The van der Waals surface area contributed by atoms with Gasteiger partial charge in [-0.2, -0.15) is 0 Å². The fourth-order valence-electron chi connectivity index (χ4n) is 1.71. The van der Waals surface area contributed by atoms with Crippen LogP contribution in [0.2, 0.25) is 0 Å². The number of amides is 1. The van der Waals surface area contributed by atoms with Crippen molar-refractivity contribution < 1.29 is 19.0 Å². The van der Waals surface area contributed by atoms with Gasteiger partial charge >= 0.3 is 6.09 Å². The highest BCUT2D eigenvalue weighted by Gasteiger charge is 2.33. The quantitative estimate of drug-likeness (QED) is 0.559. The Morgan fingerprint density at radius 1 is 1.37 bits per heavy atom. The summed E-state index contributed by atoms with van der Waals surface area (Å²) in [6.45, 7) is 4.27. The average Bonchev–Trinajstić information content (AvgIpc) is 3.25. The monoisotopic (exact) mass is 265 g/mol. The first-order valence-corrected chi connectivity index (χ1v) is 6.48. The normalized spacial score (nSPS) is 17.0. The minimum Gasteiger partial charge on any atom is -0.447 e. The smallest absolute Gasteiger partial charge is 0.411 e. The zero-order valence-corrected chi connectivity index (χ0v) is 11.1. The molecule has 1 aromatic carbocycles. The summed E-state index contributed by atoms with van der Waals surface area (Å²) in [7, 11) is 0. The van der Waals surface area contributed by atoms with Crippen LogP contribution in [0.5, 0.6) is 0 Å². The van der Waals surface area contributed by atoms with Gasteiger partial charge in [-0.3, -0.25) is 4.90 Å². The molecule has 5 nitrogen and oxygen atoms in total. The Balaban J connectivity index is 1.57. The molecule has 1 aliphatic heterocycles. The highest BCUT2D eigenvalue weighted by molar-refractivity contribution is 5.68. The van der Waals surface area contributed by atoms with Gasteiger partial charge in [-0.25, -0.2) is 4.79 Å². The molecule has 104 valence electrons. The molecule has 19 heavy (non-hydrogen) atoms. The molecule has 1 heterocycles. The SMILES string of the molecule is CCN(C(=O)OCCOCc1ccccc1)C1CO1. The summed E-state index contributed by atoms with van der Waals surface area (Å²) in [5.41, 5.74) is 1.11. The van der Waals surface area contributed by atoms with E-state index in [9.17, 15) is 4.79 Å². The van der Waals surface area contributed by atoms with Crippen molar-refractivity contribution >= 4 is 6.09 Å². The largest absolute Gasteiger partial charge is 0.447 e. The zero-order valence-electron chi connectivity index (χ0n) is 11.1. The molecule has 0 aliphatic carbocycles. The third kappa shape index (κ3) is 4.54. The van der Waals surface area contributed by atoms with Crippen molar-refractivity contribution in [3.8, 4) is 0 Å². The van der Waals surface area contributed by atoms with Crippen molar-refractivity contribution in [3.05, 3.63) is 35.9 Å². The molecule has 0 N–H and O–H groups in total. The first-order valence-electron chi connectivity index (χ1n) is 6.48. The molecule has 1 amide bonds. The summed E-state index contributed by atoms with van der Waals surface area (Å²) in [5.74, 6) is 0. The van der Waals surface area contributed by atoms with Crippen LogP contribution in [0.3, 0.4) is 0 Å². The van der Waals surface area contributed by atoms with Crippen LogP contribution < -0.4 is 0 Å². The number of hydrogen-bond acceptors (Lipinski definition) is 4. The van der Waals surface area contributed by atoms with E-state index in [1.807, 2.05) is 37.3 Å². The van der Waals surface area contributed by atoms with Crippen molar-refractivity contribution in [2.45, 2.75) is 19.8 Å². The molecule has 0 spiro atoms. The van der Waals surface area contributed by atoms with E-state index in [1.165, 1.54) is 0 Å². The molecule has 1 aromatic rings. The summed E-state index contributed by atoms with van der Waals surface area (Å²) in [4.78, 5) is 13.2. The van der Waals surface area contributed by atoms with Crippen molar-refractivity contribution in [2.75, 3.05) is 26.4 Å². The van der Waals surface area contributed by atoms with Gasteiger partial charge < -0.3 is 14.2 Å². The Morgan fingerprint density at radius 3 is 2.74 bits per heavy atom. The second-order valence-corrected chi connectivity index (χ2v) is 4.23. The molecule has 0 aromatic heterocycles. The lowest BCUT2D eigenvalue weighted by Crippen LogP contribution is -2.34. The van der Waals surface area contributed by atoms with Gasteiger partial charge in [0.05, 0.1) is 19.8 Å². The molecule has 1 fully saturated rings. The third-order valence-corrected chi connectivity index (χ3v) is 2.80. The second kappa shape index (κ2) is 7.11. The van der Waals surface area contributed by atoms with Crippen LogP contribution in [-0.2, 0) is 20.8 Å². The second-order valence-electron chi connectivity index (χ2n) is 4.23. The fraction of sp³-hybridized carbons (Fsp3) is 0.500. The first kappa shape index (κ1) is 13.8. The highest BCUT2D eigenvalue weighted by atomic mass is 16.6. The Kier molecular flexibility index (Phi) is 5.18. The molecule has 0 saturated carbocycles. The van der Waals surface area contributed by atoms with Crippen LogP contribution in [0.25, 0.3) is 0 Å². The molecule has 5 heteroatoms. The summed E-state index contributed by atoms with van der Waals surface area (Å²) in [6, 6.07) is 9.88. The predicted molar refractivity (Wildman–Crippen MR) is 69.6 cm³/mol. The van der Waals surface area contributed by atoms with E-state index >= 15 is 0 Å². The lowest BCUT2D eigenvalue weighted by atomic mass is 10.2. The number of rotatable bonds is 7. The number of carbonyl (C=O) groups is 1. The van der Waals surface area contributed by atoms with Gasteiger partial charge in [-0.15, -0.1) is 0 Å². The number of hydrogen-bond donors (Lipinski definition) is 0. The molecule has 2 rings (SSSR count). The number of ether oxygens (including phenoxy) is 3. The van der Waals surface area contributed by atoms with E-state index in [2.05, 4.69) is 0 Å². The summed E-state index contributed by atoms with van der Waals surface area (Å²) in [6.07, 6.45) is -0.434. The molecule has 0 radical (unpaired) electrons. The molecule has 0 bridgehead atoms. The minimum absolute atomic E-state index is 0.0947. The molecule has 1 atom stereocenters. The number of likely N-dealkylation sites (N-methyl/N-ethyl adjacent to an activating group) is 1. The van der Waals surface area contributed by atoms with Gasteiger partial charge in [0, 0.05) is 6.54 Å². The number of nitrogens with zero attached hydrogens (tertiary/aromatic N) is 1. The van der Waals surface area contributed by atoms with E-state index in [1.54, 1.807) is 4.90 Å². The molecule has 1 aliphatic rings. The maximum absolute atomic E-state index is 11.7. The van der Waals surface area contributed by atoms with E-state index < -0.39 is 0 Å². The highest BCUT2D eigenvalue weighted by Crippen LogP contribution is 2.15. The Labute approximate surface area is 113 Å². The van der Waals surface area contributed by atoms with Gasteiger partial charge in [0.2, 0.25) is 0 Å². The van der Waals surface area contributed by atoms with Gasteiger partial charge in [0.1, 0.15) is 6.61 Å². The molecular weight excluding hydrogens is 246 g/mol. The fourth-order valence-corrected chi connectivity index (χ4v) is 1.71. The topological polar surface area (TPSA) is 51.3 Å². The summed E-state index contributed by atoms with van der Waals surface area (Å²) in [5, 5.41) is 0. The van der Waals surface area contributed by atoms with E-state index in [4.69, 9.17) is 14.2 Å². The van der Waals surface area contributed by atoms with Crippen LogP contribution in [0.15, 0.2) is 30.3 Å². The van der Waals surface area contributed by atoms with Crippen LogP contribution >= 0.6 is 0 Å². The van der Waals surface area contributed by atoms with E-state index in [-0.39, 0.29) is 18.9 Å². The van der Waals surface area contributed by atoms with Crippen molar-refractivity contribution in [1.29, 1.82) is 0 Å². The average molecular weight is 265 g/mol. The standard InChI is InChI=1S/C14H19NO4/c1-2-15(13-11-19-13)14(16)18-9-8-17-10-12-6-4-3-5-7-12/h3-7,13H,2,8-11H2,1H3. The summed E-state index contributed by atoms with van der Waals surface area (Å²) < 4.78 is 15.6. The maximum Gasteiger partial charge on any atom is 0.411 e. The Bertz CT molecular complexity index is 392. The van der Waals surface area contributed by atoms with Crippen LogP contribution in [0.1, 0.15) is 12.5 Å². The third-order valence-electron chi connectivity index (χ3n) is 2.80. The Hall–Kier alpha value is -1.59. The predicted octanol–water partition coefficient (Wildman–Crippen LogP) is 2.02. The van der Waals surface area contributed by atoms with Crippen LogP contribution in [0.4, 0.5) is 4.79 Å². The number of benzene rings is 1. The number of carbonyl (C=O) groups excluding carboxylic acids is 1. The van der Waals surface area contributed by atoms with E-state index in [0.29, 0.717) is 26.4 Å². The van der Waals surface area contributed by atoms with Crippen LogP contribution in [0, 0.1) is 0 Å². The van der Waals surface area contributed by atoms with Gasteiger partial charge in [-0.05, 0) is 12.5 Å². The Morgan fingerprint density at radius 2 is 2.11 bits per heavy atom. The molecule has 1 unspecified atom stereocenters. The zero-order chi connectivity index (χ0) is 13.5. The lowest BCUT2D eigenvalue weighted by Gasteiger charge is -2.17. The minimum atomic E-state index is -0.340. The van der Waals surface area contributed by atoms with Gasteiger partial charge in [-0.1, -0.05) is 30.3 Å². The van der Waals surface area contributed by atoms with Crippen molar-refractivity contribution in [2.24, 2.45) is 0 Å². The van der Waals surface area contributed by atoms with Gasteiger partial charge in [0.15, 0.2) is 6.23 Å². The molecular formula is C14H19NO4. The van der Waals surface area contributed by atoms with E-state index in [0.717, 1.165) is 5.56 Å². The van der Waals surface area contributed by atoms with Gasteiger partial charge in [0.25, 0.3) is 0 Å². The van der Waals surface area contributed by atoms with Crippen molar-refractivity contribution in [1.82, 2.24) is 4.90 Å². The first-order chi connectivity index (χ1) is 9.31. The van der Waals surface area contributed by atoms with Crippen molar-refractivity contribution in [3.63, 3.8) is 0 Å². The molecule has 1 saturated heterocycles. The summed E-state index contributed by atoms with van der Waals surface area (Å²) >= 11 is 0. The van der Waals surface area contributed by atoms with Crippen LogP contribution in [-0.4, -0.2) is 43.6 Å². The maximum atomic E-state index is 11.7. The lowest BCUT2D eigenvalue weighted by molar-refractivity contribution is 0.0426.